The maximum atomic E-state index is 13.4. The first-order valence-electron chi connectivity index (χ1n) is 6.57. The Bertz CT molecular complexity index is 693. The van der Waals surface area contributed by atoms with Crippen LogP contribution in [0, 0.1) is 5.82 Å². The third kappa shape index (κ3) is 1.90. The number of halogens is 1. The molecule has 21 heavy (non-hydrogen) atoms. The lowest BCUT2D eigenvalue weighted by atomic mass is 9.70. The van der Waals surface area contributed by atoms with Crippen LogP contribution in [0.3, 0.4) is 0 Å². The van der Waals surface area contributed by atoms with Crippen molar-refractivity contribution in [3.05, 3.63) is 29.1 Å². The number of benzene rings is 1. The molecule has 0 spiro atoms. The quantitative estimate of drug-likeness (QED) is 0.399. The van der Waals surface area contributed by atoms with Crippen LogP contribution < -0.4 is 11.1 Å². The van der Waals surface area contributed by atoms with Gasteiger partial charge in [0.15, 0.2) is 0 Å². The van der Waals surface area contributed by atoms with E-state index in [0.717, 1.165) is 12.1 Å². The number of carbonyl (C=O) groups excluding carboxylic acids is 3. The molecular formula is C13H13BFN3O3. The number of fused-ring (bicyclic) bond motifs is 1. The summed E-state index contributed by atoms with van der Waals surface area (Å²) >= 11 is 0. The second-order valence-corrected chi connectivity index (χ2v) is 5.56. The summed E-state index contributed by atoms with van der Waals surface area (Å²) in [4.78, 5) is 37.2. The van der Waals surface area contributed by atoms with E-state index in [2.05, 4.69) is 5.32 Å². The van der Waals surface area contributed by atoms with Gasteiger partial charge in [-0.15, -0.1) is 0 Å². The lowest BCUT2D eigenvalue weighted by Crippen LogP contribution is -2.63. The maximum absolute atomic E-state index is 13.4. The van der Waals surface area contributed by atoms with Crippen LogP contribution in [0.25, 0.3) is 0 Å². The van der Waals surface area contributed by atoms with Crippen molar-refractivity contribution in [2.45, 2.75) is 24.8 Å². The number of nitrogens with zero attached hydrogens (tertiary/aromatic N) is 1. The first-order chi connectivity index (χ1) is 9.83. The van der Waals surface area contributed by atoms with Gasteiger partial charge >= 0.3 is 0 Å². The van der Waals surface area contributed by atoms with Crippen molar-refractivity contribution < 1.29 is 18.8 Å². The Morgan fingerprint density at radius 3 is 2.71 bits per heavy atom. The number of amides is 3. The summed E-state index contributed by atoms with van der Waals surface area (Å²) in [6.45, 7) is 0.137. The van der Waals surface area contributed by atoms with Gasteiger partial charge < -0.3 is 10.6 Å². The number of rotatable bonds is 1. The van der Waals surface area contributed by atoms with Gasteiger partial charge in [-0.25, -0.2) is 4.39 Å². The van der Waals surface area contributed by atoms with E-state index in [4.69, 9.17) is 5.73 Å². The Morgan fingerprint density at radius 2 is 2.05 bits per heavy atom. The first-order valence-corrected chi connectivity index (χ1v) is 6.57. The second-order valence-electron chi connectivity index (χ2n) is 5.56. The van der Waals surface area contributed by atoms with Gasteiger partial charge in [0.2, 0.25) is 11.8 Å². The molecule has 2 heterocycles. The van der Waals surface area contributed by atoms with Crippen molar-refractivity contribution in [3.63, 3.8) is 0 Å². The molecule has 3 amide bonds. The van der Waals surface area contributed by atoms with Crippen molar-refractivity contribution in [1.29, 1.82) is 0 Å². The smallest absolute Gasteiger partial charge is 0.254 e. The molecule has 2 aliphatic rings. The molecule has 8 heteroatoms. The predicted octanol–water partition coefficient (Wildman–Crippen LogP) is -0.870. The predicted molar refractivity (Wildman–Crippen MR) is 74.3 cm³/mol. The Labute approximate surface area is 120 Å². The van der Waals surface area contributed by atoms with Gasteiger partial charge in [0.1, 0.15) is 13.7 Å². The molecule has 1 aromatic carbocycles. The fourth-order valence-electron chi connectivity index (χ4n) is 2.85. The highest BCUT2D eigenvalue weighted by Crippen LogP contribution is 2.35. The van der Waals surface area contributed by atoms with Crippen LogP contribution >= 0.6 is 0 Å². The molecule has 1 fully saturated rings. The molecular weight excluding hydrogens is 276 g/mol. The molecule has 3 N–H and O–H groups in total. The fourth-order valence-corrected chi connectivity index (χ4v) is 2.85. The van der Waals surface area contributed by atoms with E-state index in [1.54, 1.807) is 7.85 Å². The highest BCUT2D eigenvalue weighted by Gasteiger charge is 2.48. The Balaban J connectivity index is 2.00. The zero-order chi connectivity index (χ0) is 15.4. The lowest BCUT2D eigenvalue weighted by molar-refractivity contribution is -0.138. The van der Waals surface area contributed by atoms with Crippen LogP contribution in [-0.4, -0.2) is 35.9 Å². The van der Waals surface area contributed by atoms with Crippen LogP contribution in [0.15, 0.2) is 12.1 Å². The molecule has 1 aromatic rings. The first kappa shape index (κ1) is 13.6. The highest BCUT2D eigenvalue weighted by atomic mass is 19.1. The van der Waals surface area contributed by atoms with E-state index in [1.165, 1.54) is 4.90 Å². The lowest BCUT2D eigenvalue weighted by Gasteiger charge is -2.39. The van der Waals surface area contributed by atoms with E-state index < -0.39 is 23.1 Å². The molecule has 0 bridgehead atoms. The largest absolute Gasteiger partial charge is 0.398 e. The number of imide groups is 1. The average Bonchev–Trinajstić information content (AvgIpc) is 2.73. The molecule has 2 aliphatic heterocycles. The average molecular weight is 289 g/mol. The summed E-state index contributed by atoms with van der Waals surface area (Å²) in [6, 6.07) is 2.28. The number of carbonyl (C=O) groups is 3. The zero-order valence-corrected chi connectivity index (χ0v) is 11.4. The monoisotopic (exact) mass is 289 g/mol. The van der Waals surface area contributed by atoms with Gasteiger partial charge in [0.05, 0.1) is 5.44 Å². The van der Waals surface area contributed by atoms with E-state index in [1.807, 2.05) is 0 Å². The van der Waals surface area contributed by atoms with Crippen molar-refractivity contribution >= 4 is 31.3 Å². The molecule has 1 atom stereocenters. The van der Waals surface area contributed by atoms with Gasteiger partial charge in [-0.3, -0.25) is 19.7 Å². The van der Waals surface area contributed by atoms with Gasteiger partial charge in [0.25, 0.3) is 5.91 Å². The molecule has 1 saturated heterocycles. The normalized spacial score (nSPS) is 25.0. The minimum absolute atomic E-state index is 0.137. The van der Waals surface area contributed by atoms with Gasteiger partial charge in [0, 0.05) is 29.8 Å². The van der Waals surface area contributed by atoms with Crippen molar-refractivity contribution in [2.24, 2.45) is 0 Å². The van der Waals surface area contributed by atoms with Gasteiger partial charge in [-0.2, -0.15) is 0 Å². The number of hydrogen-bond acceptors (Lipinski definition) is 4. The van der Waals surface area contributed by atoms with E-state index in [9.17, 15) is 18.8 Å². The SMILES string of the molecule is BC1(N2Cc3c(N)cc(F)cc3C2=O)CCC(=O)NC1=O. The standard InChI is InChI=1S/C13H13BFN3O3/c14-13(2-1-10(19)17-12(13)21)18-5-8-7(11(18)20)3-6(15)4-9(8)16/h3-4H,1-2,5,14,16H2,(H,17,19,21). The van der Waals surface area contributed by atoms with Crippen LogP contribution in [0.1, 0.15) is 28.8 Å². The third-order valence-electron chi connectivity index (χ3n) is 4.22. The molecule has 0 aliphatic carbocycles. The zero-order valence-electron chi connectivity index (χ0n) is 11.4. The number of piperidine rings is 1. The summed E-state index contributed by atoms with van der Waals surface area (Å²) in [5, 5.41) is 2.24. The Morgan fingerprint density at radius 1 is 1.33 bits per heavy atom. The van der Waals surface area contributed by atoms with Crippen LogP contribution in [0.5, 0.6) is 0 Å². The summed E-state index contributed by atoms with van der Waals surface area (Å²) in [7, 11) is 1.60. The minimum atomic E-state index is -1.13. The molecule has 3 rings (SSSR count). The van der Waals surface area contributed by atoms with Crippen LogP contribution in [-0.2, 0) is 16.1 Å². The minimum Gasteiger partial charge on any atom is -0.398 e. The van der Waals surface area contributed by atoms with Crippen molar-refractivity contribution in [2.75, 3.05) is 5.73 Å². The van der Waals surface area contributed by atoms with E-state index in [-0.39, 0.29) is 36.5 Å². The molecule has 1 unspecified atom stereocenters. The van der Waals surface area contributed by atoms with Crippen LogP contribution in [0.4, 0.5) is 10.1 Å². The molecule has 0 aromatic heterocycles. The van der Waals surface area contributed by atoms with Gasteiger partial charge in [-0.05, 0) is 18.6 Å². The number of hydrogen-bond donors (Lipinski definition) is 2. The molecule has 0 saturated carbocycles. The summed E-state index contributed by atoms with van der Waals surface area (Å²) < 4.78 is 13.4. The van der Waals surface area contributed by atoms with Gasteiger partial charge in [-0.1, -0.05) is 0 Å². The Hall–Kier alpha value is -2.38. The highest BCUT2D eigenvalue weighted by molar-refractivity contribution is 6.32. The maximum Gasteiger partial charge on any atom is 0.254 e. The summed E-state index contributed by atoms with van der Waals surface area (Å²) in [6.07, 6.45) is 0.395. The number of nitrogens with one attached hydrogen (secondary N) is 1. The number of nitrogen functional groups attached to an aromatic ring is 1. The van der Waals surface area contributed by atoms with Crippen molar-refractivity contribution in [3.8, 4) is 0 Å². The van der Waals surface area contributed by atoms with E-state index in [0.29, 0.717) is 5.56 Å². The second kappa shape index (κ2) is 4.31. The number of anilines is 1. The Kier molecular flexibility index (Phi) is 2.79. The van der Waals surface area contributed by atoms with E-state index >= 15 is 0 Å². The van der Waals surface area contributed by atoms with Crippen LogP contribution in [0.2, 0.25) is 0 Å². The number of nitrogens with two attached hydrogens (primary N) is 1. The third-order valence-corrected chi connectivity index (χ3v) is 4.22. The topological polar surface area (TPSA) is 92.5 Å². The van der Waals surface area contributed by atoms with Crippen molar-refractivity contribution in [1.82, 2.24) is 10.2 Å². The fraction of sp³-hybridized carbons (Fsp3) is 0.308. The summed E-state index contributed by atoms with van der Waals surface area (Å²) in [5.41, 5.74) is 5.51. The summed E-state index contributed by atoms with van der Waals surface area (Å²) in [5.74, 6) is -1.90. The molecule has 0 radical (unpaired) electrons. The molecule has 108 valence electrons. The molecule has 6 nitrogen and oxygen atoms in total.